The van der Waals surface area contributed by atoms with Crippen molar-refractivity contribution in [2.45, 2.75) is 96.9 Å². The number of ether oxygens (including phenoxy) is 2. The van der Waals surface area contributed by atoms with Crippen molar-refractivity contribution < 1.29 is 34.1 Å². The summed E-state index contributed by atoms with van der Waals surface area (Å²) in [6.45, 7) is 6.91. The molecular weight excluding hydrogens is 400 g/mol. The molecule has 0 bridgehead atoms. The summed E-state index contributed by atoms with van der Waals surface area (Å²) in [4.78, 5) is 35.6. The van der Waals surface area contributed by atoms with Crippen LogP contribution in [0.3, 0.4) is 0 Å². The van der Waals surface area contributed by atoms with E-state index in [1.807, 2.05) is 6.92 Å². The lowest BCUT2D eigenvalue weighted by molar-refractivity contribution is -0.253. The zero-order chi connectivity index (χ0) is 22.8. The average Bonchev–Trinajstić information content (AvgIpc) is 2.95. The van der Waals surface area contributed by atoms with E-state index >= 15 is 0 Å². The molecule has 7 nitrogen and oxygen atoms in total. The molecule has 0 radical (unpaired) electrons. The van der Waals surface area contributed by atoms with Gasteiger partial charge in [-0.1, -0.05) is 13.8 Å². The Hall–Kier alpha value is -1.63. The maximum absolute atomic E-state index is 12.1. The molecule has 0 heterocycles. The lowest BCUT2D eigenvalue weighted by Crippen LogP contribution is -2.68. The fourth-order valence-corrected chi connectivity index (χ4v) is 8.25. The molecule has 0 spiro atoms. The Kier molecular flexibility index (Phi) is 5.43. The van der Waals surface area contributed by atoms with Crippen molar-refractivity contribution in [3.63, 3.8) is 0 Å². The Labute approximate surface area is 183 Å². The number of carboxylic acids is 1. The highest BCUT2D eigenvalue weighted by Crippen LogP contribution is 2.69. The van der Waals surface area contributed by atoms with Crippen molar-refractivity contribution in [3.05, 3.63) is 0 Å². The SMILES string of the molecule is CC(=O)O[C@H]1CC[C@@]2(C)[C@H](CC[C@@H]3[C@@H]2C[C@@H](OC(C)=O)[C@]2(C)[C@@H](C(=O)O)CC[C@]32O)C1. The molecule has 0 aromatic heterocycles. The molecule has 4 fully saturated rings. The smallest absolute Gasteiger partial charge is 0.307 e. The van der Waals surface area contributed by atoms with Gasteiger partial charge in [0.1, 0.15) is 12.2 Å². The zero-order valence-corrected chi connectivity index (χ0v) is 19.1. The summed E-state index contributed by atoms with van der Waals surface area (Å²) in [5.41, 5.74) is -2.22. The van der Waals surface area contributed by atoms with E-state index in [1.54, 1.807) is 0 Å². The molecule has 0 unspecified atom stereocenters. The minimum Gasteiger partial charge on any atom is -0.481 e. The normalized spacial score (nSPS) is 48.7. The van der Waals surface area contributed by atoms with E-state index in [9.17, 15) is 24.6 Å². The molecule has 4 aliphatic rings. The molecule has 4 rings (SSSR count). The largest absolute Gasteiger partial charge is 0.481 e. The van der Waals surface area contributed by atoms with Gasteiger partial charge in [0.05, 0.1) is 11.5 Å². The highest BCUT2D eigenvalue weighted by atomic mass is 16.5. The van der Waals surface area contributed by atoms with E-state index in [0.29, 0.717) is 25.2 Å². The fraction of sp³-hybridized carbons (Fsp3) is 0.875. The van der Waals surface area contributed by atoms with Gasteiger partial charge >= 0.3 is 17.9 Å². The van der Waals surface area contributed by atoms with Gasteiger partial charge in [-0.3, -0.25) is 14.4 Å². The van der Waals surface area contributed by atoms with Crippen LogP contribution >= 0.6 is 0 Å². The number of fused-ring (bicyclic) bond motifs is 5. The molecule has 0 aliphatic heterocycles. The maximum Gasteiger partial charge on any atom is 0.307 e. The topological polar surface area (TPSA) is 110 Å². The first-order chi connectivity index (χ1) is 14.4. The van der Waals surface area contributed by atoms with Crippen LogP contribution in [0.2, 0.25) is 0 Å². The number of carbonyl (C=O) groups is 3. The zero-order valence-electron chi connectivity index (χ0n) is 19.1. The number of aliphatic hydroxyl groups is 1. The van der Waals surface area contributed by atoms with Crippen LogP contribution in [0.5, 0.6) is 0 Å². The second-order valence-electron chi connectivity index (χ2n) is 11.0. The summed E-state index contributed by atoms with van der Waals surface area (Å²) >= 11 is 0. The predicted octanol–water partition coefficient (Wildman–Crippen LogP) is 3.32. The fourth-order valence-electron chi connectivity index (χ4n) is 8.25. The Bertz CT molecular complexity index is 780. The van der Waals surface area contributed by atoms with Crippen LogP contribution in [-0.4, -0.2) is 45.9 Å². The molecule has 0 amide bonds. The van der Waals surface area contributed by atoms with Gasteiger partial charge in [-0.05, 0) is 74.5 Å². The van der Waals surface area contributed by atoms with Gasteiger partial charge in [0, 0.05) is 19.3 Å². The summed E-state index contributed by atoms with van der Waals surface area (Å²) in [5, 5.41) is 22.0. The van der Waals surface area contributed by atoms with Crippen LogP contribution in [0.15, 0.2) is 0 Å². The third-order valence-electron chi connectivity index (χ3n) is 9.80. The number of aliphatic carboxylic acids is 1. The summed E-state index contributed by atoms with van der Waals surface area (Å²) in [6, 6.07) is 0. The van der Waals surface area contributed by atoms with E-state index < -0.39 is 35.0 Å². The van der Waals surface area contributed by atoms with Gasteiger partial charge in [0.25, 0.3) is 0 Å². The van der Waals surface area contributed by atoms with Gasteiger partial charge in [-0.2, -0.15) is 0 Å². The summed E-state index contributed by atoms with van der Waals surface area (Å²) in [5.74, 6) is -1.83. The Morgan fingerprint density at radius 3 is 2.16 bits per heavy atom. The molecule has 2 N–H and O–H groups in total. The lowest BCUT2D eigenvalue weighted by Gasteiger charge is -2.64. The molecule has 0 aromatic carbocycles. The molecule has 4 saturated carbocycles. The molecule has 9 atom stereocenters. The Morgan fingerprint density at radius 1 is 0.871 bits per heavy atom. The van der Waals surface area contributed by atoms with Crippen LogP contribution in [-0.2, 0) is 23.9 Å². The van der Waals surface area contributed by atoms with Gasteiger partial charge in [0.15, 0.2) is 0 Å². The first kappa shape index (κ1) is 22.6. The highest BCUT2D eigenvalue weighted by molar-refractivity contribution is 5.73. The Balaban J connectivity index is 1.69. The number of carbonyl (C=O) groups excluding carboxylic acids is 2. The standard InChI is InChI=1S/C24H36O7/c1-13(25)30-16-7-9-22(3)15(11-16)5-6-17-19(22)12-20(31-14(2)26)23(4)18(21(27)28)8-10-24(17,23)29/h15-20,29H,5-12H2,1-4H3,(H,27,28)/t15-,16+,17-,18-,19+,20-,22+,23+,24+/m1/s1. The van der Waals surface area contributed by atoms with Crippen molar-refractivity contribution in [2.75, 3.05) is 0 Å². The van der Waals surface area contributed by atoms with Crippen LogP contribution in [0.4, 0.5) is 0 Å². The monoisotopic (exact) mass is 436 g/mol. The summed E-state index contributed by atoms with van der Waals surface area (Å²) in [6.07, 6.45) is 4.99. The van der Waals surface area contributed by atoms with E-state index in [4.69, 9.17) is 9.47 Å². The molecule has 174 valence electrons. The van der Waals surface area contributed by atoms with Gasteiger partial charge in [-0.15, -0.1) is 0 Å². The van der Waals surface area contributed by atoms with E-state index in [0.717, 1.165) is 32.1 Å². The summed E-state index contributed by atoms with van der Waals surface area (Å²) in [7, 11) is 0. The number of hydrogen-bond donors (Lipinski definition) is 2. The van der Waals surface area contributed by atoms with Crippen molar-refractivity contribution in [2.24, 2.45) is 34.5 Å². The minimum atomic E-state index is -1.17. The molecule has 7 heteroatoms. The number of rotatable bonds is 3. The van der Waals surface area contributed by atoms with Crippen molar-refractivity contribution in [1.29, 1.82) is 0 Å². The quantitative estimate of drug-likeness (QED) is 0.653. The van der Waals surface area contributed by atoms with Gasteiger partial charge < -0.3 is 19.7 Å². The second kappa shape index (κ2) is 7.46. The third kappa shape index (κ3) is 3.21. The number of esters is 2. The van der Waals surface area contributed by atoms with E-state index in [2.05, 4.69) is 6.92 Å². The Morgan fingerprint density at radius 2 is 1.55 bits per heavy atom. The van der Waals surface area contributed by atoms with Gasteiger partial charge in [-0.25, -0.2) is 0 Å². The predicted molar refractivity (Wildman–Crippen MR) is 111 cm³/mol. The lowest BCUT2D eigenvalue weighted by atomic mass is 9.42. The first-order valence-corrected chi connectivity index (χ1v) is 11.7. The molecule has 31 heavy (non-hydrogen) atoms. The highest BCUT2D eigenvalue weighted by Gasteiger charge is 2.72. The molecule has 0 saturated heterocycles. The number of hydrogen-bond acceptors (Lipinski definition) is 6. The van der Waals surface area contributed by atoms with Crippen LogP contribution in [0.1, 0.15) is 79.1 Å². The molecule has 0 aromatic rings. The van der Waals surface area contributed by atoms with Crippen molar-refractivity contribution >= 4 is 17.9 Å². The first-order valence-electron chi connectivity index (χ1n) is 11.7. The number of carboxylic acid groups (broad SMARTS) is 1. The van der Waals surface area contributed by atoms with Crippen molar-refractivity contribution in [1.82, 2.24) is 0 Å². The maximum atomic E-state index is 12.1. The van der Waals surface area contributed by atoms with Gasteiger partial charge in [0.2, 0.25) is 0 Å². The second-order valence-corrected chi connectivity index (χ2v) is 11.0. The molecule has 4 aliphatic carbocycles. The third-order valence-corrected chi connectivity index (χ3v) is 9.80. The molecular formula is C24H36O7. The van der Waals surface area contributed by atoms with E-state index in [-0.39, 0.29) is 29.3 Å². The summed E-state index contributed by atoms with van der Waals surface area (Å²) < 4.78 is 11.3. The average molecular weight is 437 g/mol. The minimum absolute atomic E-state index is 0.0137. The van der Waals surface area contributed by atoms with E-state index in [1.165, 1.54) is 13.8 Å². The van der Waals surface area contributed by atoms with Crippen LogP contribution < -0.4 is 0 Å². The van der Waals surface area contributed by atoms with Crippen LogP contribution in [0.25, 0.3) is 0 Å². The van der Waals surface area contributed by atoms with Crippen LogP contribution in [0, 0.1) is 34.5 Å². The van der Waals surface area contributed by atoms with Crippen molar-refractivity contribution in [3.8, 4) is 0 Å².